The molecule has 2 rings (SSSR count). The predicted molar refractivity (Wildman–Crippen MR) is 87.3 cm³/mol. The highest BCUT2D eigenvalue weighted by Gasteiger charge is 2.09. The largest absolute Gasteiger partial charge is 0.294 e. The number of thioether (sulfide) groups is 1. The summed E-state index contributed by atoms with van der Waals surface area (Å²) in [7, 11) is 0. The first-order chi connectivity index (χ1) is 9.61. The van der Waals surface area contributed by atoms with E-state index in [1.165, 1.54) is 10.5 Å². The van der Waals surface area contributed by atoms with Crippen molar-refractivity contribution in [1.29, 1.82) is 0 Å². The van der Waals surface area contributed by atoms with Gasteiger partial charge in [-0.05, 0) is 42.5 Å². The second-order valence-corrected chi connectivity index (χ2v) is 6.03. The van der Waals surface area contributed by atoms with Gasteiger partial charge in [0.25, 0.3) is 0 Å². The molecule has 0 fully saturated rings. The molecule has 0 spiro atoms. The first kappa shape index (κ1) is 15.4. The zero-order valence-electron chi connectivity index (χ0n) is 11.0. The molecule has 0 aromatic heterocycles. The number of Topliss-reactive ketones (excluding diaryl/α,β-unsaturated/α-hetero) is 1. The zero-order chi connectivity index (χ0) is 14.5. The molecule has 0 aliphatic rings. The number of halogens is 2. The first-order valence-corrected chi connectivity index (χ1v) is 8.20. The fraction of sp³-hybridized carbons (Fsp3) is 0.188. The molecule has 2 aromatic rings. The minimum Gasteiger partial charge on any atom is -0.294 e. The normalized spacial score (nSPS) is 10.6. The van der Waals surface area contributed by atoms with Gasteiger partial charge in [-0.1, -0.05) is 41.4 Å². The van der Waals surface area contributed by atoms with Crippen LogP contribution in [0.1, 0.15) is 22.3 Å². The Labute approximate surface area is 133 Å². The molecule has 1 nitrogen and oxygen atoms in total. The molecule has 0 N–H and O–H groups in total. The van der Waals surface area contributed by atoms with Gasteiger partial charge in [0.05, 0.1) is 10.0 Å². The molecule has 0 aliphatic carbocycles. The van der Waals surface area contributed by atoms with Crippen molar-refractivity contribution in [3.05, 3.63) is 63.6 Å². The minimum absolute atomic E-state index is 0.0828. The predicted octanol–water partition coefficient (Wildman–Crippen LogP) is 5.53. The van der Waals surface area contributed by atoms with Gasteiger partial charge in [0.1, 0.15) is 0 Å². The van der Waals surface area contributed by atoms with Crippen LogP contribution in [0.4, 0.5) is 0 Å². The number of carbonyl (C=O) groups excluding carboxylic acids is 1. The van der Waals surface area contributed by atoms with Crippen LogP contribution in [0.3, 0.4) is 0 Å². The topological polar surface area (TPSA) is 17.1 Å². The smallest absolute Gasteiger partial charge is 0.163 e. The second kappa shape index (κ2) is 7.16. The summed E-state index contributed by atoms with van der Waals surface area (Å²) in [4.78, 5) is 13.4. The van der Waals surface area contributed by atoms with Crippen molar-refractivity contribution < 1.29 is 4.79 Å². The van der Waals surface area contributed by atoms with E-state index in [9.17, 15) is 4.79 Å². The van der Waals surface area contributed by atoms with Gasteiger partial charge in [-0.2, -0.15) is 0 Å². The van der Waals surface area contributed by atoms with Crippen molar-refractivity contribution in [2.24, 2.45) is 0 Å². The van der Waals surface area contributed by atoms with E-state index in [1.54, 1.807) is 30.0 Å². The Morgan fingerprint density at radius 2 is 1.85 bits per heavy atom. The van der Waals surface area contributed by atoms with Gasteiger partial charge < -0.3 is 0 Å². The molecule has 4 heteroatoms. The maximum atomic E-state index is 12.2. The van der Waals surface area contributed by atoms with Gasteiger partial charge in [-0.25, -0.2) is 0 Å². The lowest BCUT2D eigenvalue weighted by Gasteiger charge is -2.07. The Morgan fingerprint density at radius 3 is 2.55 bits per heavy atom. The van der Waals surface area contributed by atoms with E-state index in [0.717, 1.165) is 6.42 Å². The minimum atomic E-state index is 0.0828. The van der Waals surface area contributed by atoms with Gasteiger partial charge in [-0.3, -0.25) is 4.79 Å². The molecule has 0 radical (unpaired) electrons. The van der Waals surface area contributed by atoms with Gasteiger partial charge in [0.15, 0.2) is 5.78 Å². The number of hydrogen-bond donors (Lipinski definition) is 0. The molecule has 0 amide bonds. The number of rotatable bonds is 5. The van der Waals surface area contributed by atoms with E-state index in [0.29, 0.717) is 22.0 Å². The summed E-state index contributed by atoms with van der Waals surface area (Å²) in [6, 6.07) is 13.2. The Bertz CT molecular complexity index is 626. The van der Waals surface area contributed by atoms with Crippen LogP contribution in [0, 0.1) is 0 Å². The lowest BCUT2D eigenvalue weighted by Crippen LogP contribution is -2.02. The third-order valence-corrected chi connectivity index (χ3v) is 4.63. The monoisotopic (exact) mass is 324 g/mol. The number of carbonyl (C=O) groups is 1. The van der Waals surface area contributed by atoms with Gasteiger partial charge in [0, 0.05) is 16.9 Å². The first-order valence-electron chi connectivity index (χ1n) is 6.22. The lowest BCUT2D eigenvalue weighted by atomic mass is 10.0. The number of hydrogen-bond acceptors (Lipinski definition) is 2. The molecule has 0 saturated heterocycles. The quantitative estimate of drug-likeness (QED) is 0.531. The maximum absolute atomic E-state index is 12.2. The number of benzene rings is 2. The average molecular weight is 325 g/mol. The molecule has 0 heterocycles. The van der Waals surface area contributed by atoms with Crippen LogP contribution in [0.25, 0.3) is 0 Å². The lowest BCUT2D eigenvalue weighted by molar-refractivity contribution is 0.0982. The van der Waals surface area contributed by atoms with Crippen LogP contribution >= 0.6 is 35.0 Å². The van der Waals surface area contributed by atoms with Crippen molar-refractivity contribution in [2.45, 2.75) is 17.7 Å². The van der Waals surface area contributed by atoms with Crippen molar-refractivity contribution in [3.63, 3.8) is 0 Å². The van der Waals surface area contributed by atoms with E-state index >= 15 is 0 Å². The summed E-state index contributed by atoms with van der Waals surface area (Å²) >= 11 is 13.5. The Balaban J connectivity index is 2.06. The molecule has 20 heavy (non-hydrogen) atoms. The molecule has 0 bridgehead atoms. The van der Waals surface area contributed by atoms with Crippen LogP contribution in [-0.4, -0.2) is 12.0 Å². The van der Waals surface area contributed by atoms with Crippen LogP contribution in [0.5, 0.6) is 0 Å². The number of ketones is 1. The van der Waals surface area contributed by atoms with E-state index in [4.69, 9.17) is 23.2 Å². The Morgan fingerprint density at radius 1 is 1.10 bits per heavy atom. The van der Waals surface area contributed by atoms with Crippen molar-refractivity contribution in [2.75, 3.05) is 6.26 Å². The summed E-state index contributed by atoms with van der Waals surface area (Å²) in [5, 5.41) is 0.887. The summed E-state index contributed by atoms with van der Waals surface area (Å²) in [5.74, 6) is 0.0828. The molecular formula is C16H14Cl2OS. The third-order valence-electron chi connectivity index (χ3n) is 3.06. The fourth-order valence-electron chi connectivity index (χ4n) is 1.97. The highest BCUT2D eigenvalue weighted by molar-refractivity contribution is 7.98. The summed E-state index contributed by atoms with van der Waals surface area (Å²) in [6.45, 7) is 0. The number of aryl methyl sites for hydroxylation is 1. The van der Waals surface area contributed by atoms with Crippen molar-refractivity contribution in [1.82, 2.24) is 0 Å². The van der Waals surface area contributed by atoms with E-state index in [-0.39, 0.29) is 5.78 Å². The zero-order valence-corrected chi connectivity index (χ0v) is 13.4. The molecular weight excluding hydrogens is 311 g/mol. The SMILES string of the molecule is CSc1ccccc1CCC(=O)c1ccc(Cl)c(Cl)c1. The molecule has 2 aromatic carbocycles. The molecule has 0 unspecified atom stereocenters. The van der Waals surface area contributed by atoms with Gasteiger partial charge >= 0.3 is 0 Å². The third kappa shape index (κ3) is 3.78. The van der Waals surface area contributed by atoms with Crippen molar-refractivity contribution in [3.8, 4) is 0 Å². The van der Waals surface area contributed by atoms with E-state index in [2.05, 4.69) is 12.1 Å². The standard InChI is InChI=1S/C16H14Cl2OS/c1-20-16-5-3-2-4-11(16)7-9-15(19)12-6-8-13(17)14(18)10-12/h2-6,8,10H,7,9H2,1H3. The molecule has 0 saturated carbocycles. The molecule has 104 valence electrons. The average Bonchev–Trinajstić information content (AvgIpc) is 2.47. The summed E-state index contributed by atoms with van der Waals surface area (Å²) in [5.41, 5.74) is 1.81. The highest BCUT2D eigenvalue weighted by Crippen LogP contribution is 2.25. The van der Waals surface area contributed by atoms with Crippen LogP contribution in [0.2, 0.25) is 10.0 Å². The Hall–Kier alpha value is -0.960. The van der Waals surface area contributed by atoms with Gasteiger partial charge in [-0.15, -0.1) is 11.8 Å². The maximum Gasteiger partial charge on any atom is 0.163 e. The van der Waals surface area contributed by atoms with Crippen LogP contribution in [0.15, 0.2) is 47.4 Å². The Kier molecular flexibility index (Phi) is 5.53. The van der Waals surface area contributed by atoms with Crippen molar-refractivity contribution >= 4 is 40.7 Å². The highest BCUT2D eigenvalue weighted by atomic mass is 35.5. The summed E-state index contributed by atoms with van der Waals surface area (Å²) in [6.07, 6.45) is 3.24. The van der Waals surface area contributed by atoms with Gasteiger partial charge in [0.2, 0.25) is 0 Å². The molecule has 0 aliphatic heterocycles. The second-order valence-electron chi connectivity index (χ2n) is 4.36. The van der Waals surface area contributed by atoms with E-state index in [1.807, 2.05) is 18.4 Å². The summed E-state index contributed by atoms with van der Waals surface area (Å²) < 4.78 is 0. The van der Waals surface area contributed by atoms with Crippen LogP contribution in [-0.2, 0) is 6.42 Å². The fourth-order valence-corrected chi connectivity index (χ4v) is 2.92. The molecule has 0 atom stereocenters. The van der Waals surface area contributed by atoms with E-state index < -0.39 is 0 Å². The van der Waals surface area contributed by atoms with Crippen LogP contribution < -0.4 is 0 Å².